The van der Waals surface area contributed by atoms with Gasteiger partial charge < -0.3 is 31.3 Å². The first kappa shape index (κ1) is 26.1. The fourth-order valence-electron chi connectivity index (χ4n) is 2.95. The summed E-state index contributed by atoms with van der Waals surface area (Å²) in [6, 6.07) is 2.21. The number of thiol groups is 1. The maximum absolute atomic E-state index is 9.76. The van der Waals surface area contributed by atoms with Crippen molar-refractivity contribution in [2.24, 2.45) is 16.0 Å². The summed E-state index contributed by atoms with van der Waals surface area (Å²) in [7, 11) is 3.29. The lowest BCUT2D eigenvalue weighted by atomic mass is 10.1. The fraction of sp³-hybridized carbons (Fsp3) is 0.409. The molecule has 0 amide bonds. The van der Waals surface area contributed by atoms with Crippen LogP contribution in [0.25, 0.3) is 0 Å². The third kappa shape index (κ3) is 7.42. The van der Waals surface area contributed by atoms with E-state index in [1.165, 1.54) is 0 Å². The maximum atomic E-state index is 9.76. The fourth-order valence-corrected chi connectivity index (χ4v) is 3.18. The summed E-state index contributed by atoms with van der Waals surface area (Å²) >= 11 is 4.40. The van der Waals surface area contributed by atoms with Gasteiger partial charge in [0.05, 0.1) is 11.3 Å². The molecule has 0 unspecified atom stereocenters. The summed E-state index contributed by atoms with van der Waals surface area (Å²) in [6.07, 6.45) is 6.36. The molecule has 0 aromatic carbocycles. The molecule has 1 aromatic rings. The molecule has 10 nitrogen and oxygen atoms in total. The average Bonchev–Trinajstić information content (AvgIpc) is 2.80. The summed E-state index contributed by atoms with van der Waals surface area (Å²) in [6.45, 7) is 4.20. The molecule has 2 rings (SSSR count). The van der Waals surface area contributed by atoms with Gasteiger partial charge in [0.1, 0.15) is 22.6 Å². The van der Waals surface area contributed by atoms with Crippen molar-refractivity contribution in [1.82, 2.24) is 4.98 Å². The van der Waals surface area contributed by atoms with Crippen molar-refractivity contribution in [1.29, 1.82) is 10.7 Å². The quantitative estimate of drug-likeness (QED) is 0.177. The highest BCUT2D eigenvalue weighted by molar-refractivity contribution is 7.84. The van der Waals surface area contributed by atoms with Crippen LogP contribution in [0.2, 0.25) is 0 Å². The van der Waals surface area contributed by atoms with Crippen LogP contribution in [-0.2, 0) is 9.47 Å². The van der Waals surface area contributed by atoms with Crippen molar-refractivity contribution in [3.8, 4) is 6.07 Å². The highest BCUT2D eigenvalue weighted by Crippen LogP contribution is 2.34. The van der Waals surface area contributed by atoms with Gasteiger partial charge in [-0.2, -0.15) is 5.26 Å². The number of hydrogen-bond acceptors (Lipinski definition) is 11. The molecule has 0 radical (unpaired) electrons. The van der Waals surface area contributed by atoms with E-state index in [0.29, 0.717) is 66.0 Å². The Morgan fingerprint density at radius 3 is 2.42 bits per heavy atom. The van der Waals surface area contributed by atoms with E-state index in [0.717, 1.165) is 12.8 Å². The molecule has 33 heavy (non-hydrogen) atoms. The molecule has 0 saturated carbocycles. The van der Waals surface area contributed by atoms with E-state index in [4.69, 9.17) is 20.6 Å². The SMILES string of the molecule is COCCCNc1nc(NCCCOC)c(/N=N/C(S)=C2\C=C(N)C=CC2=N)c(C)c1C#N. The van der Waals surface area contributed by atoms with Crippen LogP contribution in [0.1, 0.15) is 24.0 Å². The molecule has 1 heterocycles. The minimum Gasteiger partial charge on any atom is -0.399 e. The zero-order valence-electron chi connectivity index (χ0n) is 19.1. The van der Waals surface area contributed by atoms with Crippen LogP contribution in [0.5, 0.6) is 0 Å². The molecule has 0 saturated heterocycles. The summed E-state index contributed by atoms with van der Waals surface area (Å²) < 4.78 is 10.2. The molecule has 1 aromatic heterocycles. The van der Waals surface area contributed by atoms with Crippen LogP contribution in [0.4, 0.5) is 17.3 Å². The molecule has 5 N–H and O–H groups in total. The molecule has 0 atom stereocenters. The number of pyridine rings is 1. The van der Waals surface area contributed by atoms with Crippen molar-refractivity contribution in [2.45, 2.75) is 19.8 Å². The van der Waals surface area contributed by atoms with Gasteiger partial charge in [0.2, 0.25) is 0 Å². The Morgan fingerprint density at radius 2 is 1.82 bits per heavy atom. The number of rotatable bonds is 12. The van der Waals surface area contributed by atoms with Crippen LogP contribution in [-0.4, -0.2) is 51.2 Å². The molecule has 0 fully saturated rings. The lowest BCUT2D eigenvalue weighted by Crippen LogP contribution is -2.12. The van der Waals surface area contributed by atoms with Crippen LogP contribution in [0.3, 0.4) is 0 Å². The number of nitrogens with zero attached hydrogens (tertiary/aromatic N) is 4. The van der Waals surface area contributed by atoms with Crippen molar-refractivity contribution >= 4 is 35.7 Å². The Kier molecular flexibility index (Phi) is 10.6. The van der Waals surface area contributed by atoms with Crippen LogP contribution in [0, 0.1) is 23.7 Å². The van der Waals surface area contributed by atoms with Crippen molar-refractivity contribution in [2.75, 3.05) is 51.2 Å². The number of aromatic nitrogens is 1. The third-order valence-electron chi connectivity index (χ3n) is 4.69. The Hall–Kier alpha value is -3.20. The van der Waals surface area contributed by atoms with Gasteiger partial charge in [0, 0.05) is 57.4 Å². The molecule has 0 spiro atoms. The normalized spacial score (nSPS) is 14.9. The number of methoxy groups -OCH3 is 2. The lowest BCUT2D eigenvalue weighted by molar-refractivity contribution is 0.197. The second-order valence-corrected chi connectivity index (χ2v) is 7.57. The summed E-state index contributed by atoms with van der Waals surface area (Å²) in [5.74, 6) is 0.957. The Bertz CT molecular complexity index is 1020. The van der Waals surface area contributed by atoms with Gasteiger partial charge in [-0.1, -0.05) is 0 Å². The largest absolute Gasteiger partial charge is 0.399 e. The second kappa shape index (κ2) is 13.4. The number of nitrogens with two attached hydrogens (primary N) is 1. The predicted octanol–water partition coefficient (Wildman–Crippen LogP) is 3.82. The molecule has 1 aliphatic rings. The molecule has 176 valence electrons. The molecule has 1 aliphatic carbocycles. The van der Waals surface area contributed by atoms with Crippen molar-refractivity contribution in [3.63, 3.8) is 0 Å². The first-order chi connectivity index (χ1) is 15.9. The highest BCUT2D eigenvalue weighted by atomic mass is 32.1. The molecule has 0 bridgehead atoms. The van der Waals surface area contributed by atoms with Crippen molar-refractivity contribution in [3.05, 3.63) is 45.7 Å². The number of azo groups is 1. The average molecular weight is 471 g/mol. The predicted molar refractivity (Wildman–Crippen MR) is 133 cm³/mol. The molecular weight excluding hydrogens is 440 g/mol. The lowest BCUT2D eigenvalue weighted by Gasteiger charge is -2.15. The summed E-state index contributed by atoms with van der Waals surface area (Å²) in [4.78, 5) is 4.61. The Morgan fingerprint density at radius 1 is 1.18 bits per heavy atom. The van der Waals surface area contributed by atoms with E-state index in [1.54, 1.807) is 39.4 Å². The first-order valence-corrected chi connectivity index (χ1v) is 10.9. The smallest absolute Gasteiger partial charge is 0.156 e. The van der Waals surface area contributed by atoms with E-state index >= 15 is 0 Å². The molecule has 11 heteroatoms. The van der Waals surface area contributed by atoms with Gasteiger partial charge in [-0.25, -0.2) is 4.98 Å². The van der Waals surface area contributed by atoms with Crippen LogP contribution < -0.4 is 16.4 Å². The van der Waals surface area contributed by atoms with E-state index in [9.17, 15) is 5.26 Å². The highest BCUT2D eigenvalue weighted by Gasteiger charge is 2.18. The number of allylic oxidation sites excluding steroid dienone is 4. The van der Waals surface area contributed by atoms with E-state index < -0.39 is 0 Å². The number of nitriles is 1. The van der Waals surface area contributed by atoms with Gasteiger partial charge >= 0.3 is 0 Å². The van der Waals surface area contributed by atoms with Gasteiger partial charge in [-0.15, -0.1) is 22.9 Å². The Labute approximate surface area is 199 Å². The topological polar surface area (TPSA) is 154 Å². The zero-order valence-corrected chi connectivity index (χ0v) is 20.0. The van der Waals surface area contributed by atoms with Gasteiger partial charge in [0.25, 0.3) is 0 Å². The number of ether oxygens (including phenoxy) is 2. The molecule has 0 aliphatic heterocycles. The minimum absolute atomic E-state index is 0.231. The standard InChI is InChI=1S/C22H30N8O2S/c1-14-17(13-23)20(26-8-4-10-31-2)28-21(27-9-5-11-32-3)19(14)29-30-22(33)16-12-15(24)6-7-18(16)25/h6-7,12,25,33H,4-5,8-11,24H2,1-3H3,(H2,26,27,28)/b22-16-,25-18?,30-29+. The van der Waals surface area contributed by atoms with Gasteiger partial charge in [-0.05, 0) is 38.0 Å². The van der Waals surface area contributed by atoms with E-state index in [-0.39, 0.29) is 10.7 Å². The number of nitrogens with one attached hydrogen (secondary N) is 3. The monoisotopic (exact) mass is 470 g/mol. The number of hydrogen-bond donors (Lipinski definition) is 5. The third-order valence-corrected chi connectivity index (χ3v) is 5.02. The second-order valence-electron chi connectivity index (χ2n) is 7.14. The first-order valence-electron chi connectivity index (χ1n) is 10.4. The summed E-state index contributed by atoms with van der Waals surface area (Å²) in [5, 5.41) is 33.1. The van der Waals surface area contributed by atoms with Crippen LogP contribution in [0.15, 0.2) is 44.8 Å². The minimum atomic E-state index is 0.231. The van der Waals surface area contributed by atoms with E-state index in [1.807, 2.05) is 0 Å². The van der Waals surface area contributed by atoms with Crippen LogP contribution >= 0.6 is 12.6 Å². The van der Waals surface area contributed by atoms with E-state index in [2.05, 4.69) is 44.5 Å². The van der Waals surface area contributed by atoms with Crippen molar-refractivity contribution < 1.29 is 9.47 Å². The molecular formula is C22H30N8O2S. The Balaban J connectivity index is 2.43. The van der Waals surface area contributed by atoms with Gasteiger partial charge in [0.15, 0.2) is 5.82 Å². The maximum Gasteiger partial charge on any atom is 0.156 e. The number of anilines is 2. The zero-order chi connectivity index (χ0) is 24.2. The summed E-state index contributed by atoms with van der Waals surface area (Å²) in [5.41, 5.74) is 8.45. The van der Waals surface area contributed by atoms with Gasteiger partial charge in [-0.3, -0.25) is 0 Å².